The molecule has 172 valence electrons. The van der Waals surface area contributed by atoms with Crippen molar-refractivity contribution in [2.24, 2.45) is 0 Å². The maximum Gasteiger partial charge on any atom is 0.264 e. The highest BCUT2D eigenvalue weighted by Gasteiger charge is 2.24. The van der Waals surface area contributed by atoms with Crippen LogP contribution >= 0.6 is 38.5 Å². The smallest absolute Gasteiger partial charge is 0.264 e. The van der Waals surface area contributed by atoms with E-state index in [1.54, 1.807) is 11.0 Å². The minimum Gasteiger partial charge on any atom is -0.488 e. The number of nitrogens with zero attached hydrogens (tertiary/aromatic N) is 3. The predicted molar refractivity (Wildman–Crippen MR) is 146 cm³/mol. The molecule has 1 fully saturated rings. The number of para-hydroxylation sites is 1. The van der Waals surface area contributed by atoms with Gasteiger partial charge >= 0.3 is 0 Å². The quantitative estimate of drug-likeness (QED) is 0.194. The van der Waals surface area contributed by atoms with Crippen LogP contribution in [0.25, 0.3) is 6.08 Å². The molecule has 34 heavy (non-hydrogen) atoms. The van der Waals surface area contributed by atoms with E-state index in [9.17, 15) is 10.1 Å². The van der Waals surface area contributed by atoms with Crippen molar-refractivity contribution in [2.75, 3.05) is 31.1 Å². The van der Waals surface area contributed by atoms with Crippen LogP contribution in [0.5, 0.6) is 5.75 Å². The third-order valence-corrected chi connectivity index (χ3v) is 6.95. The third-order valence-electron chi connectivity index (χ3n) is 5.61. The Bertz CT molecular complexity index is 1210. The molecule has 5 nitrogen and oxygen atoms in total. The number of piperazine rings is 1. The second kappa shape index (κ2) is 11.5. The van der Waals surface area contributed by atoms with Gasteiger partial charge in [0.25, 0.3) is 5.91 Å². The zero-order valence-corrected chi connectivity index (χ0v) is 22.2. The molecule has 1 amide bonds. The van der Waals surface area contributed by atoms with E-state index in [4.69, 9.17) is 4.74 Å². The first-order valence-corrected chi connectivity index (χ1v) is 12.8. The number of hydrogen-bond donors (Lipinski definition) is 0. The van der Waals surface area contributed by atoms with Gasteiger partial charge in [-0.25, -0.2) is 0 Å². The summed E-state index contributed by atoms with van der Waals surface area (Å²) in [6.45, 7) is 3.12. The third kappa shape index (κ3) is 6.19. The zero-order chi connectivity index (χ0) is 23.9. The summed E-state index contributed by atoms with van der Waals surface area (Å²) in [5.41, 5.74) is 3.13. The van der Waals surface area contributed by atoms with Crippen LogP contribution in [0.1, 0.15) is 11.1 Å². The highest BCUT2D eigenvalue weighted by molar-refractivity contribution is 14.1. The molecule has 1 aliphatic heterocycles. The van der Waals surface area contributed by atoms with Crippen molar-refractivity contribution in [1.82, 2.24) is 4.90 Å². The lowest BCUT2D eigenvalue weighted by Crippen LogP contribution is -2.49. The van der Waals surface area contributed by atoms with E-state index in [-0.39, 0.29) is 11.5 Å². The van der Waals surface area contributed by atoms with E-state index in [1.807, 2.05) is 60.7 Å². The minimum absolute atomic E-state index is 0.132. The van der Waals surface area contributed by atoms with Gasteiger partial charge in [-0.2, -0.15) is 5.26 Å². The Kier molecular flexibility index (Phi) is 8.25. The minimum atomic E-state index is -0.231. The standard InChI is InChI=1S/C27H23BrIN3O2/c28-25-17-21(8-11-26(25)34-19-20-6-9-23(29)10-7-20)16-22(18-30)27(33)32-14-12-31(13-15-32)24-4-2-1-3-5-24/h1-11,16-17H,12-15,19H2/b22-16-. The molecule has 7 heteroatoms. The summed E-state index contributed by atoms with van der Waals surface area (Å²) >= 11 is 5.82. The number of carbonyl (C=O) groups is 1. The molecule has 0 radical (unpaired) electrons. The molecule has 0 atom stereocenters. The van der Waals surface area contributed by atoms with Gasteiger partial charge in [-0.15, -0.1) is 0 Å². The lowest BCUT2D eigenvalue weighted by atomic mass is 10.1. The van der Waals surface area contributed by atoms with Crippen molar-refractivity contribution in [2.45, 2.75) is 6.61 Å². The van der Waals surface area contributed by atoms with Gasteiger partial charge in [0.1, 0.15) is 24.0 Å². The molecule has 0 N–H and O–H groups in total. The first-order valence-electron chi connectivity index (χ1n) is 10.9. The second-order valence-corrected chi connectivity index (χ2v) is 9.99. The summed E-state index contributed by atoms with van der Waals surface area (Å²) in [7, 11) is 0. The van der Waals surface area contributed by atoms with Gasteiger partial charge in [-0.1, -0.05) is 36.4 Å². The Balaban J connectivity index is 1.38. The number of rotatable bonds is 6. The molecule has 4 rings (SSSR count). The fraction of sp³-hybridized carbons (Fsp3) is 0.185. The average Bonchev–Trinajstić information content (AvgIpc) is 2.88. The van der Waals surface area contributed by atoms with E-state index in [2.05, 4.69) is 61.6 Å². The van der Waals surface area contributed by atoms with Gasteiger partial charge in [0.05, 0.1) is 4.47 Å². The van der Waals surface area contributed by atoms with Crippen molar-refractivity contribution >= 4 is 56.2 Å². The highest BCUT2D eigenvalue weighted by atomic mass is 127. The van der Waals surface area contributed by atoms with Gasteiger partial charge in [-0.05, 0) is 92.1 Å². The lowest BCUT2D eigenvalue weighted by molar-refractivity contribution is -0.126. The van der Waals surface area contributed by atoms with Crippen LogP contribution in [-0.4, -0.2) is 37.0 Å². The number of nitriles is 1. The summed E-state index contributed by atoms with van der Waals surface area (Å²) in [4.78, 5) is 17.0. The van der Waals surface area contributed by atoms with Crippen molar-refractivity contribution in [3.05, 3.63) is 97.5 Å². The summed E-state index contributed by atoms with van der Waals surface area (Å²) in [6.07, 6.45) is 1.64. The summed E-state index contributed by atoms with van der Waals surface area (Å²) in [5, 5.41) is 9.66. The Morgan fingerprint density at radius 2 is 1.74 bits per heavy atom. The van der Waals surface area contributed by atoms with Crippen LogP contribution in [0, 0.1) is 14.9 Å². The van der Waals surface area contributed by atoms with Crippen molar-refractivity contribution in [3.8, 4) is 11.8 Å². The molecule has 0 spiro atoms. The molecule has 0 aliphatic carbocycles. The number of halogens is 2. The molecule has 0 bridgehead atoms. The number of ether oxygens (including phenoxy) is 1. The van der Waals surface area contributed by atoms with Crippen molar-refractivity contribution in [1.29, 1.82) is 5.26 Å². The SMILES string of the molecule is N#C/C(=C/c1ccc(OCc2ccc(I)cc2)c(Br)c1)C(=O)N1CCN(c2ccccc2)CC1. The fourth-order valence-corrected chi connectivity index (χ4v) is 4.62. The average molecular weight is 628 g/mol. The van der Waals surface area contributed by atoms with Crippen LogP contribution in [0.15, 0.2) is 82.8 Å². The molecule has 0 saturated carbocycles. The Morgan fingerprint density at radius 3 is 2.38 bits per heavy atom. The number of anilines is 1. The summed E-state index contributed by atoms with van der Waals surface area (Å²) in [5.74, 6) is 0.475. The van der Waals surface area contributed by atoms with E-state index < -0.39 is 0 Å². The molecule has 0 aromatic heterocycles. The van der Waals surface area contributed by atoms with Gasteiger partial charge in [-0.3, -0.25) is 4.79 Å². The van der Waals surface area contributed by atoms with Gasteiger partial charge < -0.3 is 14.5 Å². The maximum absolute atomic E-state index is 13.0. The Hall–Kier alpha value is -2.83. The normalized spacial score (nSPS) is 14.0. The fourth-order valence-electron chi connectivity index (χ4n) is 3.75. The topological polar surface area (TPSA) is 56.6 Å². The van der Waals surface area contributed by atoms with Crippen LogP contribution in [-0.2, 0) is 11.4 Å². The molecule has 3 aromatic carbocycles. The number of carbonyl (C=O) groups excluding carboxylic acids is 1. The maximum atomic E-state index is 13.0. The molecular weight excluding hydrogens is 605 g/mol. The van der Waals surface area contributed by atoms with E-state index >= 15 is 0 Å². The molecule has 3 aromatic rings. The first kappa shape index (κ1) is 24.3. The Labute approximate surface area is 221 Å². The van der Waals surface area contributed by atoms with Crippen molar-refractivity contribution < 1.29 is 9.53 Å². The molecule has 0 unspecified atom stereocenters. The van der Waals surface area contributed by atoms with Crippen LogP contribution in [0.3, 0.4) is 0 Å². The van der Waals surface area contributed by atoms with E-state index in [0.29, 0.717) is 25.4 Å². The van der Waals surface area contributed by atoms with Crippen LogP contribution in [0.4, 0.5) is 5.69 Å². The van der Waals surface area contributed by atoms with Gasteiger partial charge in [0.2, 0.25) is 0 Å². The van der Waals surface area contributed by atoms with Gasteiger partial charge in [0.15, 0.2) is 0 Å². The zero-order valence-electron chi connectivity index (χ0n) is 18.5. The van der Waals surface area contributed by atoms with E-state index in [1.165, 1.54) is 3.57 Å². The lowest BCUT2D eigenvalue weighted by Gasteiger charge is -2.36. The van der Waals surface area contributed by atoms with Crippen LogP contribution in [0.2, 0.25) is 0 Å². The van der Waals surface area contributed by atoms with Crippen LogP contribution < -0.4 is 9.64 Å². The number of hydrogen-bond acceptors (Lipinski definition) is 4. The number of amides is 1. The second-order valence-electron chi connectivity index (χ2n) is 7.89. The van der Waals surface area contributed by atoms with Crippen molar-refractivity contribution in [3.63, 3.8) is 0 Å². The highest BCUT2D eigenvalue weighted by Crippen LogP contribution is 2.28. The molecule has 1 saturated heterocycles. The monoisotopic (exact) mass is 627 g/mol. The predicted octanol–water partition coefficient (Wildman–Crippen LogP) is 5.89. The number of benzene rings is 3. The first-order chi connectivity index (χ1) is 16.5. The van der Waals surface area contributed by atoms with E-state index in [0.717, 1.165) is 34.4 Å². The van der Waals surface area contributed by atoms with Gasteiger partial charge in [0, 0.05) is 35.4 Å². The largest absolute Gasteiger partial charge is 0.488 e. The summed E-state index contributed by atoms with van der Waals surface area (Å²) < 4.78 is 7.87. The molecule has 1 aliphatic rings. The summed E-state index contributed by atoms with van der Waals surface area (Å²) in [6, 6.07) is 26.0. The molecular formula is C27H23BrIN3O2. The molecule has 1 heterocycles. The Morgan fingerprint density at radius 1 is 1.03 bits per heavy atom.